The van der Waals surface area contributed by atoms with Crippen LogP contribution in [0.2, 0.25) is 0 Å². The van der Waals surface area contributed by atoms with Crippen LogP contribution in [0.15, 0.2) is 23.8 Å². The second-order valence-electron chi connectivity index (χ2n) is 4.67. The van der Waals surface area contributed by atoms with Gasteiger partial charge in [-0.2, -0.15) is 11.8 Å². The highest BCUT2D eigenvalue weighted by molar-refractivity contribution is 7.99. The zero-order valence-corrected chi connectivity index (χ0v) is 14.0. The van der Waals surface area contributed by atoms with Crippen LogP contribution >= 0.6 is 24.0 Å². The largest absolute Gasteiger partial charge is 0.382 e. The molecule has 8 heteroatoms. The van der Waals surface area contributed by atoms with Crippen molar-refractivity contribution in [3.63, 3.8) is 0 Å². The molecule has 5 N–H and O–H groups in total. The lowest BCUT2D eigenvalue weighted by molar-refractivity contribution is -0.134. The number of hydrogen-bond acceptors (Lipinski definition) is 6. The SMILES string of the molecule is CCSCC[C@@H](N)C(O)C(=O)NNC(=O)C1=CC=CCC1=S. The van der Waals surface area contributed by atoms with Crippen LogP contribution in [0.4, 0.5) is 0 Å². The normalized spacial score (nSPS) is 16.7. The molecule has 0 aromatic rings. The van der Waals surface area contributed by atoms with Crippen LogP contribution in [-0.2, 0) is 9.59 Å². The third kappa shape index (κ3) is 5.88. The van der Waals surface area contributed by atoms with Gasteiger partial charge < -0.3 is 10.8 Å². The predicted molar refractivity (Wildman–Crippen MR) is 92.3 cm³/mol. The number of allylic oxidation sites excluding steroid dienone is 3. The van der Waals surface area contributed by atoms with Crippen LogP contribution in [0, 0.1) is 0 Å². The number of hydrazine groups is 1. The van der Waals surface area contributed by atoms with Crippen LogP contribution in [0.25, 0.3) is 0 Å². The zero-order valence-electron chi connectivity index (χ0n) is 12.4. The molecular formula is C14H21N3O3S2. The van der Waals surface area contributed by atoms with E-state index in [-0.39, 0.29) is 0 Å². The maximum absolute atomic E-state index is 11.9. The minimum Gasteiger partial charge on any atom is -0.382 e. The molecule has 122 valence electrons. The smallest absolute Gasteiger partial charge is 0.270 e. The van der Waals surface area contributed by atoms with Crippen LogP contribution < -0.4 is 16.6 Å². The van der Waals surface area contributed by atoms with Gasteiger partial charge in [0.25, 0.3) is 11.8 Å². The van der Waals surface area contributed by atoms with Crippen LogP contribution in [0.5, 0.6) is 0 Å². The molecule has 0 aliphatic heterocycles. The highest BCUT2D eigenvalue weighted by Crippen LogP contribution is 2.09. The van der Waals surface area contributed by atoms with Gasteiger partial charge in [0.1, 0.15) is 6.10 Å². The summed E-state index contributed by atoms with van der Waals surface area (Å²) in [7, 11) is 0. The molecule has 1 aliphatic carbocycles. The first-order valence-corrected chi connectivity index (χ1v) is 8.55. The molecule has 1 rings (SSSR count). The third-order valence-corrected chi connectivity index (χ3v) is 4.34. The molecule has 2 amide bonds. The number of nitrogens with two attached hydrogens (primary N) is 1. The van der Waals surface area contributed by atoms with Crippen LogP contribution in [0.1, 0.15) is 19.8 Å². The van der Waals surface area contributed by atoms with E-state index in [0.29, 0.717) is 23.3 Å². The molecule has 0 saturated carbocycles. The highest BCUT2D eigenvalue weighted by atomic mass is 32.2. The summed E-state index contributed by atoms with van der Waals surface area (Å²) in [4.78, 5) is 24.1. The maximum Gasteiger partial charge on any atom is 0.270 e. The number of carbonyl (C=O) groups is 2. The van der Waals surface area contributed by atoms with E-state index in [2.05, 4.69) is 10.9 Å². The Labute approximate surface area is 139 Å². The molecule has 1 aliphatic rings. The molecule has 0 radical (unpaired) electrons. The Balaban J connectivity index is 2.41. The van der Waals surface area contributed by atoms with Crippen molar-refractivity contribution in [2.24, 2.45) is 5.73 Å². The summed E-state index contributed by atoms with van der Waals surface area (Å²) in [5.41, 5.74) is 10.5. The van der Waals surface area contributed by atoms with E-state index in [0.717, 1.165) is 11.5 Å². The molecule has 2 atom stereocenters. The van der Waals surface area contributed by atoms with Crippen molar-refractivity contribution in [3.05, 3.63) is 23.8 Å². The molecule has 0 saturated heterocycles. The molecule has 6 nitrogen and oxygen atoms in total. The quantitative estimate of drug-likeness (QED) is 0.299. The van der Waals surface area contributed by atoms with Gasteiger partial charge in [-0.25, -0.2) is 0 Å². The lowest BCUT2D eigenvalue weighted by Crippen LogP contribution is -2.52. The van der Waals surface area contributed by atoms with Gasteiger partial charge in [-0.15, -0.1) is 0 Å². The summed E-state index contributed by atoms with van der Waals surface area (Å²) < 4.78 is 0. The van der Waals surface area contributed by atoms with Crippen molar-refractivity contribution in [3.8, 4) is 0 Å². The van der Waals surface area contributed by atoms with E-state index in [1.165, 1.54) is 0 Å². The number of aliphatic hydroxyl groups excluding tert-OH is 1. The van der Waals surface area contributed by atoms with Gasteiger partial charge >= 0.3 is 0 Å². The van der Waals surface area contributed by atoms with E-state index >= 15 is 0 Å². The highest BCUT2D eigenvalue weighted by Gasteiger charge is 2.23. The first-order valence-electron chi connectivity index (χ1n) is 6.99. The Morgan fingerprint density at radius 1 is 1.50 bits per heavy atom. The number of aliphatic hydroxyl groups is 1. The standard InChI is InChI=1S/C14H21N3O3S2/c1-2-22-8-7-10(15)12(18)14(20)17-16-13(19)9-5-3-4-6-11(9)21/h3-5,10,12,18H,2,6-8,15H2,1H3,(H,16,19)(H,17,20)/t10-,12?/m1/s1. The summed E-state index contributed by atoms with van der Waals surface area (Å²) in [5, 5.41) is 9.81. The second-order valence-corrected chi connectivity index (χ2v) is 6.56. The van der Waals surface area contributed by atoms with Crippen molar-refractivity contribution >= 4 is 40.7 Å². The summed E-state index contributed by atoms with van der Waals surface area (Å²) in [6.45, 7) is 2.02. The fourth-order valence-corrected chi connectivity index (χ4v) is 2.70. The minimum absolute atomic E-state index is 0.330. The molecule has 0 aromatic heterocycles. The summed E-state index contributed by atoms with van der Waals surface area (Å²) in [6.07, 6.45) is 4.81. The maximum atomic E-state index is 11.9. The molecule has 0 fully saturated rings. The fraction of sp³-hybridized carbons (Fsp3) is 0.500. The Hall–Kier alpha value is -1.22. The van der Waals surface area contributed by atoms with E-state index < -0.39 is 24.0 Å². The molecule has 1 unspecified atom stereocenters. The first kappa shape index (κ1) is 18.8. The van der Waals surface area contributed by atoms with E-state index in [1.54, 1.807) is 23.9 Å². The number of rotatable bonds is 7. The number of thioether (sulfide) groups is 1. The van der Waals surface area contributed by atoms with Crippen molar-refractivity contribution in [2.75, 3.05) is 11.5 Å². The zero-order chi connectivity index (χ0) is 16.5. The van der Waals surface area contributed by atoms with Gasteiger partial charge in [0.2, 0.25) is 0 Å². The van der Waals surface area contributed by atoms with E-state index in [1.807, 2.05) is 13.0 Å². The molecule has 0 aromatic carbocycles. The minimum atomic E-state index is -1.37. The average molecular weight is 343 g/mol. The summed E-state index contributed by atoms with van der Waals surface area (Å²) in [6, 6.07) is -0.672. The van der Waals surface area contributed by atoms with Crippen molar-refractivity contribution in [1.29, 1.82) is 0 Å². The average Bonchev–Trinajstić information content (AvgIpc) is 2.52. The number of amides is 2. The Bertz CT molecular complexity index is 492. The lowest BCUT2D eigenvalue weighted by atomic mass is 10.0. The Kier molecular flexibility index (Phi) is 8.32. The fourth-order valence-electron chi connectivity index (χ4n) is 1.72. The van der Waals surface area contributed by atoms with Crippen LogP contribution in [0.3, 0.4) is 0 Å². The lowest BCUT2D eigenvalue weighted by Gasteiger charge is -2.19. The van der Waals surface area contributed by atoms with E-state index in [4.69, 9.17) is 18.0 Å². The monoisotopic (exact) mass is 343 g/mol. The number of nitrogens with one attached hydrogen (secondary N) is 2. The molecule has 0 bridgehead atoms. The number of carbonyl (C=O) groups excluding carboxylic acids is 2. The number of hydrogen-bond donors (Lipinski definition) is 4. The Morgan fingerprint density at radius 3 is 2.86 bits per heavy atom. The summed E-state index contributed by atoms with van der Waals surface area (Å²) in [5.74, 6) is 0.473. The van der Waals surface area contributed by atoms with E-state index in [9.17, 15) is 14.7 Å². The van der Waals surface area contributed by atoms with Gasteiger partial charge in [-0.05, 0) is 24.0 Å². The second kappa shape index (κ2) is 9.73. The molecule has 22 heavy (non-hydrogen) atoms. The Morgan fingerprint density at radius 2 is 2.23 bits per heavy atom. The van der Waals surface area contributed by atoms with Crippen molar-refractivity contribution in [1.82, 2.24) is 10.9 Å². The van der Waals surface area contributed by atoms with Crippen molar-refractivity contribution < 1.29 is 14.7 Å². The first-order chi connectivity index (χ1) is 10.5. The third-order valence-electron chi connectivity index (χ3n) is 3.02. The van der Waals surface area contributed by atoms with Crippen LogP contribution in [-0.4, -0.2) is 45.4 Å². The van der Waals surface area contributed by atoms with Crippen molar-refractivity contribution in [2.45, 2.75) is 31.9 Å². The van der Waals surface area contributed by atoms with Gasteiger partial charge in [0.15, 0.2) is 0 Å². The molecule has 0 spiro atoms. The predicted octanol–water partition coefficient (Wildman–Crippen LogP) is 0.221. The summed E-state index contributed by atoms with van der Waals surface area (Å²) >= 11 is 6.75. The van der Waals surface area contributed by atoms with Gasteiger partial charge in [-0.1, -0.05) is 31.3 Å². The number of thiocarbonyl (C=S) groups is 1. The van der Waals surface area contributed by atoms with Gasteiger partial charge in [-0.3, -0.25) is 20.4 Å². The van der Waals surface area contributed by atoms with Gasteiger partial charge in [0, 0.05) is 17.3 Å². The topological polar surface area (TPSA) is 104 Å². The molecule has 0 heterocycles. The molecular weight excluding hydrogens is 322 g/mol. The van der Waals surface area contributed by atoms with Gasteiger partial charge in [0.05, 0.1) is 5.57 Å².